The van der Waals surface area contributed by atoms with Crippen LogP contribution in [0.15, 0.2) is 24.3 Å². The average Bonchev–Trinajstić information content (AvgIpc) is 2.29. The Kier molecular flexibility index (Phi) is 5.16. The van der Waals surface area contributed by atoms with E-state index in [1.807, 2.05) is 12.1 Å². The van der Waals surface area contributed by atoms with E-state index in [0.29, 0.717) is 6.04 Å². The lowest BCUT2D eigenvalue weighted by atomic mass is 10.1. The van der Waals surface area contributed by atoms with E-state index in [-0.39, 0.29) is 5.84 Å². The number of nitrogen functional groups attached to an aromatic ring is 1. The summed E-state index contributed by atoms with van der Waals surface area (Å²) in [6.07, 6.45) is 1.17. The Labute approximate surface area is 104 Å². The van der Waals surface area contributed by atoms with Crippen LogP contribution in [-0.2, 0) is 6.54 Å². The molecule has 0 radical (unpaired) electrons. The van der Waals surface area contributed by atoms with Crippen LogP contribution in [0.4, 0.5) is 0 Å². The number of nitrogens with one attached hydrogen (secondary N) is 1. The Morgan fingerprint density at radius 3 is 2.29 bits per heavy atom. The molecule has 3 nitrogen and oxygen atoms in total. The molecule has 0 aromatic heterocycles. The van der Waals surface area contributed by atoms with Crippen LogP contribution in [-0.4, -0.2) is 23.3 Å². The summed E-state index contributed by atoms with van der Waals surface area (Å²) in [7, 11) is 0. The molecule has 0 bridgehead atoms. The predicted molar refractivity (Wildman–Crippen MR) is 73.3 cm³/mol. The van der Waals surface area contributed by atoms with E-state index in [1.165, 1.54) is 12.0 Å². The lowest BCUT2D eigenvalue weighted by Crippen LogP contribution is -2.31. The molecule has 0 fully saturated rings. The third kappa shape index (κ3) is 4.19. The number of nitrogens with zero attached hydrogens (tertiary/aromatic N) is 1. The van der Waals surface area contributed by atoms with E-state index >= 15 is 0 Å². The van der Waals surface area contributed by atoms with E-state index in [2.05, 4.69) is 37.8 Å². The average molecular weight is 233 g/mol. The Morgan fingerprint density at radius 2 is 1.88 bits per heavy atom. The van der Waals surface area contributed by atoms with Gasteiger partial charge in [0.25, 0.3) is 0 Å². The van der Waals surface area contributed by atoms with Crippen molar-refractivity contribution in [2.75, 3.05) is 6.54 Å². The lowest BCUT2D eigenvalue weighted by Gasteiger charge is -2.26. The molecule has 3 N–H and O–H groups in total. The van der Waals surface area contributed by atoms with Gasteiger partial charge in [0, 0.05) is 18.2 Å². The molecule has 0 aliphatic rings. The molecule has 1 aromatic carbocycles. The van der Waals surface area contributed by atoms with Crippen LogP contribution in [0.5, 0.6) is 0 Å². The highest BCUT2D eigenvalue weighted by atomic mass is 15.1. The Bertz CT molecular complexity index is 354. The van der Waals surface area contributed by atoms with Gasteiger partial charge in [0.2, 0.25) is 0 Å². The van der Waals surface area contributed by atoms with Gasteiger partial charge in [0.1, 0.15) is 5.84 Å². The van der Waals surface area contributed by atoms with Crippen LogP contribution in [0, 0.1) is 5.41 Å². The second kappa shape index (κ2) is 6.40. The zero-order valence-corrected chi connectivity index (χ0v) is 11.0. The van der Waals surface area contributed by atoms with E-state index in [1.54, 1.807) is 0 Å². The van der Waals surface area contributed by atoms with Gasteiger partial charge in [0.15, 0.2) is 0 Å². The summed E-state index contributed by atoms with van der Waals surface area (Å²) < 4.78 is 0. The quantitative estimate of drug-likeness (QED) is 0.586. The van der Waals surface area contributed by atoms with Crippen molar-refractivity contribution in [3.05, 3.63) is 35.4 Å². The minimum atomic E-state index is 0.130. The van der Waals surface area contributed by atoms with Gasteiger partial charge in [-0.2, -0.15) is 0 Å². The monoisotopic (exact) mass is 233 g/mol. The summed E-state index contributed by atoms with van der Waals surface area (Å²) in [5, 5.41) is 7.35. The van der Waals surface area contributed by atoms with Crippen LogP contribution in [0.2, 0.25) is 0 Å². The second-order valence-electron chi connectivity index (χ2n) is 4.67. The van der Waals surface area contributed by atoms with Crippen LogP contribution in [0.3, 0.4) is 0 Å². The van der Waals surface area contributed by atoms with Crippen molar-refractivity contribution in [2.45, 2.75) is 39.8 Å². The maximum absolute atomic E-state index is 7.35. The van der Waals surface area contributed by atoms with E-state index < -0.39 is 0 Å². The highest BCUT2D eigenvalue weighted by Crippen LogP contribution is 2.10. The molecule has 0 aliphatic carbocycles. The maximum Gasteiger partial charge on any atom is 0.122 e. The van der Waals surface area contributed by atoms with Crippen molar-refractivity contribution in [3.63, 3.8) is 0 Å². The molecule has 0 saturated carbocycles. The molecule has 1 rings (SSSR count). The molecule has 0 saturated heterocycles. The van der Waals surface area contributed by atoms with Crippen molar-refractivity contribution in [2.24, 2.45) is 5.73 Å². The van der Waals surface area contributed by atoms with Crippen molar-refractivity contribution in [3.8, 4) is 0 Å². The number of hydrogen-bond donors (Lipinski definition) is 2. The van der Waals surface area contributed by atoms with Gasteiger partial charge >= 0.3 is 0 Å². The van der Waals surface area contributed by atoms with Crippen LogP contribution < -0.4 is 5.73 Å². The molecule has 0 unspecified atom stereocenters. The first kappa shape index (κ1) is 13.7. The summed E-state index contributed by atoms with van der Waals surface area (Å²) in [4.78, 5) is 2.45. The zero-order valence-electron chi connectivity index (χ0n) is 11.0. The topological polar surface area (TPSA) is 53.1 Å². The molecule has 0 heterocycles. The molecule has 0 aliphatic heterocycles. The minimum absolute atomic E-state index is 0.130. The molecule has 0 spiro atoms. The van der Waals surface area contributed by atoms with Crippen molar-refractivity contribution in [1.29, 1.82) is 5.41 Å². The fourth-order valence-corrected chi connectivity index (χ4v) is 1.83. The first-order valence-electron chi connectivity index (χ1n) is 6.22. The van der Waals surface area contributed by atoms with E-state index in [9.17, 15) is 0 Å². The number of benzene rings is 1. The van der Waals surface area contributed by atoms with Gasteiger partial charge in [-0.3, -0.25) is 10.3 Å². The van der Waals surface area contributed by atoms with E-state index in [0.717, 1.165) is 18.7 Å². The molecule has 94 valence electrons. The third-order valence-electron chi connectivity index (χ3n) is 2.89. The standard InChI is InChI=1S/C14H23N3/c1-4-9-17(11(2)3)10-12-5-7-13(8-6-12)14(15)16/h5-8,11H,4,9-10H2,1-3H3,(H3,15,16). The fourth-order valence-electron chi connectivity index (χ4n) is 1.83. The van der Waals surface area contributed by atoms with Gasteiger partial charge in [0.05, 0.1) is 0 Å². The van der Waals surface area contributed by atoms with Crippen molar-refractivity contribution >= 4 is 5.84 Å². The number of nitrogens with two attached hydrogens (primary N) is 1. The Morgan fingerprint density at radius 1 is 1.29 bits per heavy atom. The first-order chi connectivity index (χ1) is 8.04. The Balaban J connectivity index is 2.69. The summed E-state index contributed by atoms with van der Waals surface area (Å²) in [5.74, 6) is 0.130. The van der Waals surface area contributed by atoms with Gasteiger partial charge in [-0.05, 0) is 32.4 Å². The number of hydrogen-bond acceptors (Lipinski definition) is 2. The highest BCUT2D eigenvalue weighted by Gasteiger charge is 2.08. The largest absolute Gasteiger partial charge is 0.384 e. The second-order valence-corrected chi connectivity index (χ2v) is 4.67. The van der Waals surface area contributed by atoms with Crippen molar-refractivity contribution < 1.29 is 0 Å². The summed E-state index contributed by atoms with van der Waals surface area (Å²) >= 11 is 0. The van der Waals surface area contributed by atoms with Gasteiger partial charge in [-0.25, -0.2) is 0 Å². The minimum Gasteiger partial charge on any atom is -0.384 e. The molecule has 1 aromatic rings. The summed E-state index contributed by atoms with van der Waals surface area (Å²) in [6.45, 7) is 8.73. The van der Waals surface area contributed by atoms with Gasteiger partial charge in [-0.15, -0.1) is 0 Å². The Hall–Kier alpha value is -1.35. The maximum atomic E-state index is 7.35. The van der Waals surface area contributed by atoms with E-state index in [4.69, 9.17) is 11.1 Å². The predicted octanol–water partition coefficient (Wildman–Crippen LogP) is 2.59. The SMILES string of the molecule is CCCN(Cc1ccc(C(=N)N)cc1)C(C)C. The summed E-state index contributed by atoms with van der Waals surface area (Å²) in [5.41, 5.74) is 7.50. The molecular formula is C14H23N3. The van der Waals surface area contributed by atoms with Crippen molar-refractivity contribution in [1.82, 2.24) is 4.90 Å². The smallest absolute Gasteiger partial charge is 0.122 e. The molecule has 0 amide bonds. The van der Waals surface area contributed by atoms with Gasteiger partial charge < -0.3 is 5.73 Å². The number of amidine groups is 1. The first-order valence-corrected chi connectivity index (χ1v) is 6.22. The van der Waals surface area contributed by atoms with Gasteiger partial charge in [-0.1, -0.05) is 31.2 Å². The lowest BCUT2D eigenvalue weighted by molar-refractivity contribution is 0.213. The molecule has 0 atom stereocenters. The molecule has 3 heteroatoms. The summed E-state index contributed by atoms with van der Waals surface area (Å²) in [6, 6.07) is 8.51. The molecular weight excluding hydrogens is 210 g/mol. The highest BCUT2D eigenvalue weighted by molar-refractivity contribution is 5.94. The fraction of sp³-hybridized carbons (Fsp3) is 0.500. The number of rotatable bonds is 6. The normalized spacial score (nSPS) is 11.1. The van der Waals surface area contributed by atoms with Crippen LogP contribution in [0.25, 0.3) is 0 Å². The zero-order chi connectivity index (χ0) is 12.8. The van der Waals surface area contributed by atoms with Crippen LogP contribution in [0.1, 0.15) is 38.3 Å². The molecule has 17 heavy (non-hydrogen) atoms. The third-order valence-corrected chi connectivity index (χ3v) is 2.89. The van der Waals surface area contributed by atoms with Crippen LogP contribution >= 0.6 is 0 Å².